The zero-order chi connectivity index (χ0) is 24.1. The number of nitrogens with one attached hydrogen (secondary N) is 1. The second-order valence-electron chi connectivity index (χ2n) is 7.31. The van der Waals surface area contributed by atoms with E-state index >= 15 is 0 Å². The molecule has 9 nitrogen and oxygen atoms in total. The first kappa shape index (κ1) is 23.9. The number of anilines is 2. The third-order valence-electron chi connectivity index (χ3n) is 4.81. The van der Waals surface area contributed by atoms with Crippen LogP contribution in [0.1, 0.15) is 18.1 Å². The van der Waals surface area contributed by atoms with Gasteiger partial charge in [-0.05, 0) is 35.9 Å². The van der Waals surface area contributed by atoms with Crippen LogP contribution in [0.25, 0.3) is 0 Å². The largest absolute Gasteiger partial charge is 0.481 e. The van der Waals surface area contributed by atoms with E-state index in [0.29, 0.717) is 10.6 Å². The van der Waals surface area contributed by atoms with Crippen molar-refractivity contribution in [3.8, 4) is 0 Å². The molecule has 0 saturated carbocycles. The fourth-order valence-corrected chi connectivity index (χ4v) is 3.15. The van der Waals surface area contributed by atoms with E-state index in [1.165, 1.54) is 36.9 Å². The topological polar surface area (TPSA) is 119 Å². The molecule has 0 saturated heterocycles. The van der Waals surface area contributed by atoms with Crippen molar-refractivity contribution < 1.29 is 14.3 Å². The Balaban J connectivity index is 2.08. The van der Waals surface area contributed by atoms with Crippen LogP contribution in [0.5, 0.6) is 0 Å². The van der Waals surface area contributed by atoms with Crippen LogP contribution in [0, 0.1) is 11.7 Å². The average Bonchev–Trinajstić information content (AvgIpc) is 2.77. The number of rotatable bonds is 8. The highest BCUT2D eigenvalue weighted by molar-refractivity contribution is 6.30. The van der Waals surface area contributed by atoms with Gasteiger partial charge in [0.25, 0.3) is 0 Å². The minimum Gasteiger partial charge on any atom is -0.481 e. The van der Waals surface area contributed by atoms with Gasteiger partial charge in [0.1, 0.15) is 5.82 Å². The first-order chi connectivity index (χ1) is 15.7. The third-order valence-corrected chi connectivity index (χ3v) is 5.06. The molecule has 0 amide bonds. The molecule has 1 heterocycles. The van der Waals surface area contributed by atoms with E-state index in [2.05, 4.69) is 15.3 Å². The van der Waals surface area contributed by atoms with Gasteiger partial charge >= 0.3 is 17.3 Å². The molecule has 0 aliphatic rings. The highest BCUT2D eigenvalue weighted by atomic mass is 35.5. The molecule has 0 radical (unpaired) electrons. The van der Waals surface area contributed by atoms with E-state index in [1.54, 1.807) is 30.3 Å². The smallest absolute Gasteiger partial charge is 0.354 e. The van der Waals surface area contributed by atoms with Crippen molar-refractivity contribution in [2.24, 2.45) is 10.9 Å². The Morgan fingerprint density at radius 3 is 2.55 bits per heavy atom. The maximum absolute atomic E-state index is 14.3. The Bertz CT molecular complexity index is 1320. The van der Waals surface area contributed by atoms with E-state index < -0.39 is 29.1 Å². The molecule has 0 fully saturated rings. The average molecular weight is 474 g/mol. The van der Waals surface area contributed by atoms with Gasteiger partial charge in [0.15, 0.2) is 0 Å². The Hall–Kier alpha value is -3.79. The highest BCUT2D eigenvalue weighted by Gasteiger charge is 2.19. The minimum atomic E-state index is -1.15. The molecule has 2 N–H and O–H groups in total. The van der Waals surface area contributed by atoms with Crippen LogP contribution in [0.15, 0.2) is 57.0 Å². The standard InChI is InChI=1S/C22H21ClFN5O4/c1-13(19(30)31)11-29-21(32)27-20(26-17-8-5-15(10-25-2)18(24)9-17)28(22(29)33)12-14-3-6-16(23)7-4-14/h3-10,13H,11-12H2,1-2H3,(H,30,31)(H,26,27,32)/t13-/m0/s1. The van der Waals surface area contributed by atoms with Crippen molar-refractivity contribution in [3.63, 3.8) is 0 Å². The van der Waals surface area contributed by atoms with Gasteiger partial charge in [-0.1, -0.05) is 30.7 Å². The summed E-state index contributed by atoms with van der Waals surface area (Å²) in [4.78, 5) is 44.7. The van der Waals surface area contributed by atoms with Gasteiger partial charge in [0.2, 0.25) is 5.95 Å². The summed E-state index contributed by atoms with van der Waals surface area (Å²) in [6.07, 6.45) is 1.36. The van der Waals surface area contributed by atoms with Crippen LogP contribution in [0.3, 0.4) is 0 Å². The van der Waals surface area contributed by atoms with Crippen LogP contribution >= 0.6 is 11.6 Å². The molecule has 11 heteroatoms. The molecular weight excluding hydrogens is 453 g/mol. The van der Waals surface area contributed by atoms with Gasteiger partial charge in [0.05, 0.1) is 12.5 Å². The van der Waals surface area contributed by atoms with Crippen LogP contribution in [0.4, 0.5) is 16.0 Å². The van der Waals surface area contributed by atoms with Gasteiger partial charge in [0, 0.05) is 36.1 Å². The molecule has 33 heavy (non-hydrogen) atoms. The monoisotopic (exact) mass is 473 g/mol. The number of aliphatic imine (C=N–C) groups is 1. The lowest BCUT2D eigenvalue weighted by molar-refractivity contribution is -0.141. The van der Waals surface area contributed by atoms with E-state index in [9.17, 15) is 23.9 Å². The number of carboxylic acid groups (broad SMARTS) is 1. The normalized spacial score (nSPS) is 12.1. The summed E-state index contributed by atoms with van der Waals surface area (Å²) in [5.74, 6) is -2.81. The number of nitrogens with zero attached hydrogens (tertiary/aromatic N) is 4. The Labute approximate surface area is 192 Å². The van der Waals surface area contributed by atoms with Crippen LogP contribution in [-0.2, 0) is 17.9 Å². The van der Waals surface area contributed by atoms with Gasteiger partial charge in [-0.15, -0.1) is 0 Å². The van der Waals surface area contributed by atoms with Crippen molar-refractivity contribution in [1.82, 2.24) is 14.1 Å². The Morgan fingerprint density at radius 2 is 1.94 bits per heavy atom. The van der Waals surface area contributed by atoms with Crippen LogP contribution in [-0.4, -0.2) is 38.5 Å². The number of benzene rings is 2. The van der Waals surface area contributed by atoms with Crippen molar-refractivity contribution in [2.75, 3.05) is 12.4 Å². The van der Waals surface area contributed by atoms with Gasteiger partial charge in [-0.2, -0.15) is 4.98 Å². The number of aromatic nitrogens is 3. The predicted octanol–water partition coefficient (Wildman–Crippen LogP) is 2.76. The number of carboxylic acids is 1. The molecule has 3 aromatic rings. The molecule has 0 aliphatic carbocycles. The first-order valence-corrected chi connectivity index (χ1v) is 10.2. The lowest BCUT2D eigenvalue weighted by atomic mass is 10.2. The number of aliphatic carboxylic acids is 1. The molecule has 0 aliphatic heterocycles. The van der Waals surface area contributed by atoms with Gasteiger partial charge in [-0.3, -0.25) is 14.4 Å². The highest BCUT2D eigenvalue weighted by Crippen LogP contribution is 2.18. The molecule has 1 atom stereocenters. The second-order valence-corrected chi connectivity index (χ2v) is 7.75. The minimum absolute atomic E-state index is 0.0100. The van der Waals surface area contributed by atoms with Gasteiger partial charge in [-0.25, -0.2) is 18.5 Å². The van der Waals surface area contributed by atoms with E-state index in [0.717, 1.165) is 4.57 Å². The summed E-state index contributed by atoms with van der Waals surface area (Å²) in [6, 6.07) is 10.9. The molecule has 1 aromatic heterocycles. The molecule has 0 bridgehead atoms. The number of halogens is 2. The summed E-state index contributed by atoms with van der Waals surface area (Å²) < 4.78 is 16.3. The van der Waals surface area contributed by atoms with Crippen molar-refractivity contribution in [2.45, 2.75) is 20.0 Å². The third kappa shape index (κ3) is 5.72. The SMILES string of the molecule is CN=Cc1ccc(Nc2nc(=O)n(C[C@H](C)C(=O)O)c(=O)n2Cc2ccc(Cl)cc2)cc1F. The Kier molecular flexibility index (Phi) is 7.39. The van der Waals surface area contributed by atoms with E-state index in [4.69, 9.17) is 11.6 Å². The molecule has 0 spiro atoms. The quantitative estimate of drug-likeness (QED) is 0.485. The summed E-state index contributed by atoms with van der Waals surface area (Å²) in [6.45, 7) is 1.05. The Morgan fingerprint density at radius 1 is 1.24 bits per heavy atom. The lowest BCUT2D eigenvalue weighted by Gasteiger charge is -2.17. The van der Waals surface area contributed by atoms with Crippen molar-refractivity contribution in [1.29, 1.82) is 0 Å². The van der Waals surface area contributed by atoms with Crippen LogP contribution in [0.2, 0.25) is 5.02 Å². The number of hydrogen-bond acceptors (Lipinski definition) is 6. The van der Waals surface area contributed by atoms with E-state index in [-0.39, 0.29) is 30.3 Å². The summed E-state index contributed by atoms with van der Waals surface area (Å²) in [7, 11) is 1.52. The first-order valence-electron chi connectivity index (χ1n) is 9.87. The fraction of sp³-hybridized carbons (Fsp3) is 0.227. The molecular formula is C22H21ClFN5O4. The summed E-state index contributed by atoms with van der Waals surface area (Å²) in [5.41, 5.74) is -0.460. The van der Waals surface area contributed by atoms with Crippen LogP contribution < -0.4 is 16.7 Å². The molecule has 172 valence electrons. The second kappa shape index (κ2) is 10.2. The van der Waals surface area contributed by atoms with Crippen molar-refractivity contribution >= 4 is 35.4 Å². The lowest BCUT2D eigenvalue weighted by Crippen LogP contribution is -2.44. The summed E-state index contributed by atoms with van der Waals surface area (Å²) in [5, 5.41) is 12.5. The van der Waals surface area contributed by atoms with Crippen molar-refractivity contribution in [3.05, 3.63) is 85.4 Å². The fourth-order valence-electron chi connectivity index (χ4n) is 3.03. The predicted molar refractivity (Wildman–Crippen MR) is 123 cm³/mol. The zero-order valence-electron chi connectivity index (χ0n) is 17.8. The zero-order valence-corrected chi connectivity index (χ0v) is 18.6. The number of hydrogen-bond donors (Lipinski definition) is 2. The molecule has 2 aromatic carbocycles. The maximum atomic E-state index is 14.3. The van der Waals surface area contributed by atoms with Gasteiger partial charge < -0.3 is 10.4 Å². The number of carbonyl (C=O) groups is 1. The molecule has 3 rings (SSSR count). The molecule has 0 unspecified atom stereocenters. The maximum Gasteiger partial charge on any atom is 0.354 e. The van der Waals surface area contributed by atoms with E-state index in [1.807, 2.05) is 0 Å². The summed E-state index contributed by atoms with van der Waals surface area (Å²) >= 11 is 5.93.